The number of hydrogen-bond donors (Lipinski definition) is 0. The maximum atomic E-state index is 10.2. The predicted molar refractivity (Wildman–Crippen MR) is 53.6 cm³/mol. The van der Waals surface area contributed by atoms with Crippen molar-refractivity contribution in [3.8, 4) is 0 Å². The molecule has 1 atom stereocenters. The summed E-state index contributed by atoms with van der Waals surface area (Å²) in [6.45, 7) is 0. The zero-order valence-electron chi connectivity index (χ0n) is 7.03. The standard InChI is InChI=1S/C9H11ClO2S/c10-9-5-3-8(4-6-9)2-1-7-13(11)12/h3-6H,1-2,7H2,(H,11,12)/p-1. The van der Waals surface area contributed by atoms with E-state index in [1.807, 2.05) is 24.3 Å². The van der Waals surface area contributed by atoms with Crippen molar-refractivity contribution in [2.24, 2.45) is 0 Å². The predicted octanol–water partition coefficient (Wildman–Crippen LogP) is 2.15. The molecule has 13 heavy (non-hydrogen) atoms. The van der Waals surface area contributed by atoms with Gasteiger partial charge in [0.25, 0.3) is 0 Å². The summed E-state index contributed by atoms with van der Waals surface area (Å²) in [5, 5.41) is 0.705. The van der Waals surface area contributed by atoms with E-state index < -0.39 is 11.1 Å². The quantitative estimate of drug-likeness (QED) is 0.726. The van der Waals surface area contributed by atoms with Gasteiger partial charge in [-0.05, 0) is 30.5 Å². The first-order chi connectivity index (χ1) is 6.18. The number of aryl methyl sites for hydroxylation is 1. The Morgan fingerprint density at radius 1 is 1.31 bits per heavy atom. The second-order valence-corrected chi connectivity index (χ2v) is 4.19. The summed E-state index contributed by atoms with van der Waals surface area (Å²) in [7, 11) is 0. The molecule has 0 aliphatic rings. The summed E-state index contributed by atoms with van der Waals surface area (Å²) >= 11 is 3.78. The molecule has 1 aromatic rings. The molecule has 4 heteroatoms. The monoisotopic (exact) mass is 217 g/mol. The van der Waals surface area contributed by atoms with Crippen LogP contribution in [0.3, 0.4) is 0 Å². The third kappa shape index (κ3) is 4.41. The van der Waals surface area contributed by atoms with Crippen LogP contribution in [-0.2, 0) is 17.5 Å². The molecule has 0 heterocycles. The van der Waals surface area contributed by atoms with E-state index in [4.69, 9.17) is 11.6 Å². The topological polar surface area (TPSA) is 40.1 Å². The van der Waals surface area contributed by atoms with Crippen LogP contribution in [-0.4, -0.2) is 14.5 Å². The van der Waals surface area contributed by atoms with Crippen molar-refractivity contribution in [3.63, 3.8) is 0 Å². The molecular weight excluding hydrogens is 208 g/mol. The van der Waals surface area contributed by atoms with Gasteiger partial charge in [-0.15, -0.1) is 0 Å². The van der Waals surface area contributed by atoms with Crippen LogP contribution >= 0.6 is 11.6 Å². The highest BCUT2D eigenvalue weighted by Crippen LogP contribution is 2.10. The first kappa shape index (κ1) is 10.7. The summed E-state index contributed by atoms with van der Waals surface area (Å²) in [6.07, 6.45) is 1.45. The minimum atomic E-state index is -1.92. The van der Waals surface area contributed by atoms with Gasteiger partial charge >= 0.3 is 0 Å². The summed E-state index contributed by atoms with van der Waals surface area (Å²) in [5.41, 5.74) is 1.12. The molecule has 0 fully saturated rings. The number of halogens is 1. The summed E-state index contributed by atoms with van der Waals surface area (Å²) in [4.78, 5) is 0. The second-order valence-electron chi connectivity index (χ2n) is 2.74. The molecule has 72 valence electrons. The Balaban J connectivity index is 2.37. The lowest BCUT2D eigenvalue weighted by atomic mass is 10.1. The Morgan fingerprint density at radius 2 is 1.92 bits per heavy atom. The van der Waals surface area contributed by atoms with Gasteiger partial charge in [0, 0.05) is 10.8 Å². The maximum absolute atomic E-state index is 10.2. The van der Waals surface area contributed by atoms with Gasteiger partial charge in [0.15, 0.2) is 0 Å². The molecular formula is C9H10ClO2S-. The Labute approximate surface area is 85.2 Å². The second kappa shape index (κ2) is 5.37. The zero-order valence-corrected chi connectivity index (χ0v) is 8.61. The van der Waals surface area contributed by atoms with E-state index >= 15 is 0 Å². The van der Waals surface area contributed by atoms with Crippen molar-refractivity contribution in [3.05, 3.63) is 34.9 Å². The normalized spacial score (nSPS) is 12.8. The van der Waals surface area contributed by atoms with Crippen LogP contribution in [0.15, 0.2) is 24.3 Å². The minimum Gasteiger partial charge on any atom is -0.772 e. The van der Waals surface area contributed by atoms with Gasteiger partial charge in [-0.3, -0.25) is 4.21 Å². The van der Waals surface area contributed by atoms with E-state index in [1.54, 1.807) is 0 Å². The van der Waals surface area contributed by atoms with Crippen LogP contribution in [0, 0.1) is 0 Å². The van der Waals surface area contributed by atoms with Crippen molar-refractivity contribution >= 4 is 22.7 Å². The summed E-state index contributed by atoms with van der Waals surface area (Å²) in [6, 6.07) is 7.45. The molecule has 1 unspecified atom stereocenters. The molecule has 1 rings (SSSR count). The first-order valence-electron chi connectivity index (χ1n) is 3.99. The lowest BCUT2D eigenvalue weighted by Crippen LogP contribution is -1.97. The largest absolute Gasteiger partial charge is 0.772 e. The smallest absolute Gasteiger partial charge is 0.0406 e. The fourth-order valence-electron chi connectivity index (χ4n) is 1.05. The van der Waals surface area contributed by atoms with Gasteiger partial charge in [0.05, 0.1) is 0 Å². The third-order valence-electron chi connectivity index (χ3n) is 1.69. The Hall–Kier alpha value is -0.380. The maximum Gasteiger partial charge on any atom is 0.0406 e. The van der Waals surface area contributed by atoms with Gasteiger partial charge in [0.1, 0.15) is 0 Å². The summed E-state index contributed by atoms with van der Waals surface area (Å²) in [5.74, 6) is 0.225. The lowest BCUT2D eigenvalue weighted by molar-refractivity contribution is 0.535. The van der Waals surface area contributed by atoms with E-state index in [0.717, 1.165) is 12.0 Å². The van der Waals surface area contributed by atoms with Crippen molar-refractivity contribution in [2.45, 2.75) is 12.8 Å². The van der Waals surface area contributed by atoms with Gasteiger partial charge < -0.3 is 4.55 Å². The summed E-state index contributed by atoms with van der Waals surface area (Å²) < 4.78 is 20.4. The van der Waals surface area contributed by atoms with Crippen molar-refractivity contribution in [1.29, 1.82) is 0 Å². The van der Waals surface area contributed by atoms with E-state index in [0.29, 0.717) is 11.4 Å². The molecule has 0 aliphatic heterocycles. The van der Waals surface area contributed by atoms with Crippen LogP contribution in [0.25, 0.3) is 0 Å². The highest BCUT2D eigenvalue weighted by molar-refractivity contribution is 7.79. The molecule has 1 aromatic carbocycles. The van der Waals surface area contributed by atoms with Crippen LogP contribution in [0.2, 0.25) is 5.02 Å². The van der Waals surface area contributed by atoms with Crippen molar-refractivity contribution in [1.82, 2.24) is 0 Å². The first-order valence-corrected chi connectivity index (χ1v) is 5.61. The van der Waals surface area contributed by atoms with Crippen LogP contribution < -0.4 is 0 Å². The van der Waals surface area contributed by atoms with E-state index in [-0.39, 0.29) is 5.75 Å². The SMILES string of the molecule is O=S([O-])CCCc1ccc(Cl)cc1. The van der Waals surface area contributed by atoms with E-state index in [2.05, 4.69) is 0 Å². The Kier molecular flexibility index (Phi) is 4.42. The van der Waals surface area contributed by atoms with Gasteiger partial charge in [-0.25, -0.2) is 0 Å². The van der Waals surface area contributed by atoms with Crippen LogP contribution in [0.1, 0.15) is 12.0 Å². The highest BCUT2D eigenvalue weighted by Gasteiger charge is 1.93. The lowest BCUT2D eigenvalue weighted by Gasteiger charge is -2.04. The number of benzene rings is 1. The van der Waals surface area contributed by atoms with Crippen LogP contribution in [0.4, 0.5) is 0 Å². The minimum absolute atomic E-state index is 0.225. The van der Waals surface area contributed by atoms with Crippen molar-refractivity contribution < 1.29 is 8.76 Å². The van der Waals surface area contributed by atoms with Crippen LogP contribution in [0.5, 0.6) is 0 Å². The third-order valence-corrected chi connectivity index (χ3v) is 2.56. The highest BCUT2D eigenvalue weighted by atomic mass is 35.5. The van der Waals surface area contributed by atoms with Gasteiger partial charge in [-0.1, -0.05) is 34.8 Å². The zero-order chi connectivity index (χ0) is 9.68. The molecule has 0 aliphatic carbocycles. The average molecular weight is 218 g/mol. The molecule has 0 spiro atoms. The number of rotatable bonds is 4. The Bertz CT molecular complexity index is 284. The molecule has 0 aromatic heterocycles. The van der Waals surface area contributed by atoms with E-state index in [1.165, 1.54) is 0 Å². The molecule has 0 amide bonds. The van der Waals surface area contributed by atoms with Gasteiger partial charge in [-0.2, -0.15) is 0 Å². The molecule has 0 radical (unpaired) electrons. The van der Waals surface area contributed by atoms with Gasteiger partial charge in [0.2, 0.25) is 0 Å². The average Bonchev–Trinajstić information content (AvgIpc) is 2.08. The van der Waals surface area contributed by atoms with Crippen molar-refractivity contribution in [2.75, 3.05) is 5.75 Å². The fraction of sp³-hybridized carbons (Fsp3) is 0.333. The Morgan fingerprint density at radius 3 is 2.46 bits per heavy atom. The molecule has 0 saturated carbocycles. The molecule has 0 N–H and O–H groups in total. The van der Waals surface area contributed by atoms with E-state index in [9.17, 15) is 8.76 Å². The molecule has 2 nitrogen and oxygen atoms in total. The number of hydrogen-bond acceptors (Lipinski definition) is 2. The molecule has 0 saturated heterocycles. The fourth-order valence-corrected chi connectivity index (χ4v) is 1.55. The molecule has 0 bridgehead atoms.